The summed E-state index contributed by atoms with van der Waals surface area (Å²) < 4.78 is 6.59. The summed E-state index contributed by atoms with van der Waals surface area (Å²) >= 11 is 0. The normalized spacial score (nSPS) is 18.4. The van der Waals surface area contributed by atoms with Crippen molar-refractivity contribution in [3.8, 4) is 5.75 Å². The van der Waals surface area contributed by atoms with Crippen LogP contribution in [0.1, 0.15) is 52.1 Å². The Hall–Kier alpha value is -3.49. The molecule has 1 fully saturated rings. The Labute approximate surface area is 187 Å². The van der Waals surface area contributed by atoms with Crippen LogP contribution in [-0.2, 0) is 10.2 Å². The highest BCUT2D eigenvalue weighted by molar-refractivity contribution is 6.16. The minimum absolute atomic E-state index is 0.189. The first kappa shape index (κ1) is 21.7. The predicted octanol–water partition coefficient (Wildman–Crippen LogP) is 4.21. The number of hydrogen-bond acceptors (Lipinski definition) is 5. The maximum Gasteiger partial charge on any atom is 0.324 e. The molecule has 3 amide bonds. The molecule has 0 spiro atoms. The van der Waals surface area contributed by atoms with E-state index in [9.17, 15) is 9.59 Å². The highest BCUT2D eigenvalue weighted by Gasteiger charge is 2.32. The summed E-state index contributed by atoms with van der Waals surface area (Å²) in [6.45, 7) is 6.08. The van der Waals surface area contributed by atoms with Crippen molar-refractivity contribution in [1.29, 1.82) is 0 Å². The Morgan fingerprint density at radius 2 is 1.88 bits per heavy atom. The van der Waals surface area contributed by atoms with E-state index in [1.807, 2.05) is 20.8 Å². The van der Waals surface area contributed by atoms with Crippen LogP contribution in [0.4, 0.5) is 16.3 Å². The molecule has 1 aliphatic carbocycles. The number of hydrogen-bond donors (Lipinski definition) is 2. The number of nitrogens with zero attached hydrogens (tertiary/aromatic N) is 4. The molecule has 4 rings (SSSR count). The second kappa shape index (κ2) is 8.57. The van der Waals surface area contributed by atoms with Crippen LogP contribution in [-0.4, -0.2) is 40.5 Å². The standard InChI is InChI=1S/C23H28N6O3/c1-23(2,3)18-13-19(26-22(31)24-14-9-11-15(32-4)12-10-14)29(28-18)21-25-17-8-6-5-7-16(17)20(30)27-21/h9-13,16H,5-8H2,1-4H3,(H2,24,26,31). The van der Waals surface area contributed by atoms with Crippen LogP contribution in [0.15, 0.2) is 40.3 Å². The number of ether oxygens (including phenoxy) is 1. The quantitative estimate of drug-likeness (QED) is 0.751. The summed E-state index contributed by atoms with van der Waals surface area (Å²) in [7, 11) is 1.58. The van der Waals surface area contributed by atoms with Crippen LogP contribution in [0.25, 0.3) is 0 Å². The van der Waals surface area contributed by atoms with E-state index in [1.54, 1.807) is 37.4 Å². The SMILES string of the molecule is COc1ccc(NC(=O)Nc2cc(C(C)(C)C)nn2C2=NC(=O)C3CCCCC3=N2)cc1. The Morgan fingerprint density at radius 1 is 1.12 bits per heavy atom. The molecule has 1 saturated carbocycles. The topological polar surface area (TPSA) is 110 Å². The number of aliphatic imine (C=N–C) groups is 2. The molecule has 1 unspecified atom stereocenters. The number of carbonyl (C=O) groups excluding carboxylic acids is 2. The number of fused-ring (bicyclic) bond motifs is 1. The molecule has 2 aliphatic rings. The second-order valence-corrected chi connectivity index (χ2v) is 9.04. The van der Waals surface area contributed by atoms with Gasteiger partial charge in [0.1, 0.15) is 11.6 Å². The van der Waals surface area contributed by atoms with Gasteiger partial charge in [0, 0.05) is 22.9 Å². The van der Waals surface area contributed by atoms with E-state index in [2.05, 4.69) is 25.7 Å². The first-order valence-electron chi connectivity index (χ1n) is 10.8. The molecule has 2 heterocycles. The number of urea groups is 1. The maximum absolute atomic E-state index is 12.7. The van der Waals surface area contributed by atoms with Crippen molar-refractivity contribution < 1.29 is 14.3 Å². The Kier molecular flexibility index (Phi) is 5.82. The average molecular weight is 437 g/mol. The summed E-state index contributed by atoms with van der Waals surface area (Å²) in [5.74, 6) is 0.875. The summed E-state index contributed by atoms with van der Waals surface area (Å²) in [4.78, 5) is 34.2. The van der Waals surface area contributed by atoms with E-state index in [0.29, 0.717) is 17.3 Å². The maximum atomic E-state index is 12.7. The number of aromatic nitrogens is 2. The van der Waals surface area contributed by atoms with Crippen LogP contribution in [0.5, 0.6) is 5.75 Å². The lowest BCUT2D eigenvalue weighted by atomic mass is 9.86. The third-order valence-corrected chi connectivity index (χ3v) is 5.59. The van der Waals surface area contributed by atoms with Crippen molar-refractivity contribution in [3.05, 3.63) is 36.0 Å². The van der Waals surface area contributed by atoms with Gasteiger partial charge >= 0.3 is 6.03 Å². The Bertz CT molecular complexity index is 1090. The van der Waals surface area contributed by atoms with Gasteiger partial charge in [0.25, 0.3) is 11.9 Å². The largest absolute Gasteiger partial charge is 0.497 e. The Morgan fingerprint density at radius 3 is 2.56 bits per heavy atom. The number of anilines is 2. The summed E-state index contributed by atoms with van der Waals surface area (Å²) in [5, 5.41) is 10.2. The van der Waals surface area contributed by atoms with Gasteiger partial charge in [0.15, 0.2) is 0 Å². The van der Waals surface area contributed by atoms with Gasteiger partial charge in [0.2, 0.25) is 0 Å². The molecule has 0 radical (unpaired) electrons. The van der Waals surface area contributed by atoms with Gasteiger partial charge < -0.3 is 10.1 Å². The zero-order valence-electron chi connectivity index (χ0n) is 18.8. The number of benzene rings is 1. The molecule has 1 aromatic carbocycles. The summed E-state index contributed by atoms with van der Waals surface area (Å²) in [5.41, 5.74) is 1.94. The fraction of sp³-hybridized carbons (Fsp3) is 0.435. The minimum atomic E-state index is -0.442. The van der Waals surface area contributed by atoms with E-state index in [0.717, 1.165) is 37.1 Å². The van der Waals surface area contributed by atoms with E-state index in [-0.39, 0.29) is 23.2 Å². The molecule has 1 aromatic heterocycles. The van der Waals surface area contributed by atoms with E-state index >= 15 is 0 Å². The molecule has 0 saturated heterocycles. The highest BCUT2D eigenvalue weighted by Crippen LogP contribution is 2.28. The molecule has 1 atom stereocenters. The molecule has 9 heteroatoms. The minimum Gasteiger partial charge on any atom is -0.497 e. The lowest BCUT2D eigenvalue weighted by Crippen LogP contribution is -2.34. The number of methoxy groups -OCH3 is 1. The average Bonchev–Trinajstić information content (AvgIpc) is 3.18. The monoisotopic (exact) mass is 436 g/mol. The molecular formula is C23H28N6O3. The molecular weight excluding hydrogens is 408 g/mol. The molecule has 9 nitrogen and oxygen atoms in total. The number of carbonyl (C=O) groups is 2. The van der Waals surface area contributed by atoms with Gasteiger partial charge in [-0.3, -0.25) is 10.1 Å². The van der Waals surface area contributed by atoms with Gasteiger partial charge in [-0.2, -0.15) is 14.8 Å². The van der Waals surface area contributed by atoms with Gasteiger partial charge in [0.05, 0.1) is 18.7 Å². The van der Waals surface area contributed by atoms with Crippen molar-refractivity contribution in [1.82, 2.24) is 9.78 Å². The Balaban J connectivity index is 1.61. The third-order valence-electron chi connectivity index (χ3n) is 5.59. The molecule has 168 valence electrons. The van der Waals surface area contributed by atoms with E-state index in [1.165, 1.54) is 4.68 Å². The van der Waals surface area contributed by atoms with Crippen LogP contribution >= 0.6 is 0 Å². The third kappa shape index (κ3) is 4.56. The van der Waals surface area contributed by atoms with Crippen LogP contribution in [0.3, 0.4) is 0 Å². The zero-order valence-corrected chi connectivity index (χ0v) is 18.8. The van der Waals surface area contributed by atoms with E-state index in [4.69, 9.17) is 4.74 Å². The van der Waals surface area contributed by atoms with Gasteiger partial charge in [-0.05, 0) is 43.5 Å². The van der Waals surface area contributed by atoms with Crippen molar-refractivity contribution in [2.24, 2.45) is 15.9 Å². The van der Waals surface area contributed by atoms with Crippen LogP contribution < -0.4 is 15.4 Å². The molecule has 0 bridgehead atoms. The fourth-order valence-electron chi connectivity index (χ4n) is 3.76. The fourth-order valence-corrected chi connectivity index (χ4v) is 3.76. The lowest BCUT2D eigenvalue weighted by Gasteiger charge is -2.24. The van der Waals surface area contributed by atoms with Crippen molar-refractivity contribution in [2.75, 3.05) is 17.7 Å². The number of amides is 3. The lowest BCUT2D eigenvalue weighted by molar-refractivity contribution is -0.120. The molecule has 2 aromatic rings. The first-order valence-corrected chi connectivity index (χ1v) is 10.8. The molecule has 1 aliphatic heterocycles. The van der Waals surface area contributed by atoms with Crippen LogP contribution in [0, 0.1) is 5.92 Å². The van der Waals surface area contributed by atoms with Crippen molar-refractivity contribution in [2.45, 2.75) is 51.9 Å². The predicted molar refractivity (Wildman–Crippen MR) is 124 cm³/mol. The number of nitrogens with one attached hydrogen (secondary N) is 2. The van der Waals surface area contributed by atoms with Crippen LogP contribution in [0.2, 0.25) is 0 Å². The highest BCUT2D eigenvalue weighted by atomic mass is 16.5. The summed E-state index contributed by atoms with van der Waals surface area (Å²) in [6.07, 6.45) is 3.59. The van der Waals surface area contributed by atoms with Crippen molar-refractivity contribution >= 4 is 35.1 Å². The van der Waals surface area contributed by atoms with Gasteiger partial charge in [-0.25, -0.2) is 9.79 Å². The number of rotatable bonds is 3. The molecule has 2 N–H and O–H groups in total. The van der Waals surface area contributed by atoms with Crippen molar-refractivity contribution in [3.63, 3.8) is 0 Å². The zero-order chi connectivity index (χ0) is 22.9. The van der Waals surface area contributed by atoms with Gasteiger partial charge in [-0.15, -0.1) is 0 Å². The van der Waals surface area contributed by atoms with Gasteiger partial charge in [-0.1, -0.05) is 27.2 Å². The second-order valence-electron chi connectivity index (χ2n) is 9.04. The first-order chi connectivity index (χ1) is 15.2. The molecule has 32 heavy (non-hydrogen) atoms. The van der Waals surface area contributed by atoms with E-state index < -0.39 is 6.03 Å². The summed E-state index contributed by atoms with van der Waals surface area (Å²) in [6, 6.07) is 8.36. The smallest absolute Gasteiger partial charge is 0.324 e.